The third-order valence-electron chi connectivity index (χ3n) is 3.41. The van der Waals surface area contributed by atoms with Gasteiger partial charge in [0.2, 0.25) is 0 Å². The van der Waals surface area contributed by atoms with E-state index in [-0.39, 0.29) is 43.4 Å². The molecule has 0 bridgehead atoms. The van der Waals surface area contributed by atoms with Crippen molar-refractivity contribution in [3.63, 3.8) is 0 Å². The fourth-order valence-electron chi connectivity index (χ4n) is 2.27. The normalized spacial score (nSPS) is 14.8. The molecule has 0 aliphatic carbocycles. The van der Waals surface area contributed by atoms with Gasteiger partial charge in [0.15, 0.2) is 6.10 Å². The molecule has 0 spiro atoms. The van der Waals surface area contributed by atoms with Gasteiger partial charge in [-0.3, -0.25) is 14.4 Å². The number of ether oxygens (including phenoxy) is 3. The summed E-state index contributed by atoms with van der Waals surface area (Å²) in [6, 6.07) is 0. The van der Waals surface area contributed by atoms with Crippen molar-refractivity contribution in [3.8, 4) is 0 Å². The highest BCUT2D eigenvalue weighted by Crippen LogP contribution is 2.15. The third kappa shape index (κ3) is 12.2. The van der Waals surface area contributed by atoms with Crippen LogP contribution in [0.5, 0.6) is 0 Å². The molecule has 0 radical (unpaired) electrons. The summed E-state index contributed by atoms with van der Waals surface area (Å²) in [5.74, 6) is -1.09. The van der Waals surface area contributed by atoms with Gasteiger partial charge in [-0.05, 0) is 25.2 Å². The van der Waals surface area contributed by atoms with E-state index in [1.54, 1.807) is 6.92 Å². The highest BCUT2D eigenvalue weighted by molar-refractivity contribution is 5.72. The van der Waals surface area contributed by atoms with Gasteiger partial charge in [-0.25, -0.2) is 0 Å². The second-order valence-electron chi connectivity index (χ2n) is 6.78. The van der Waals surface area contributed by atoms with Crippen molar-refractivity contribution in [2.75, 3.05) is 13.2 Å². The van der Waals surface area contributed by atoms with Gasteiger partial charge in [-0.15, -0.1) is 0 Å². The van der Waals surface area contributed by atoms with Gasteiger partial charge in [-0.2, -0.15) is 0 Å². The fourth-order valence-corrected chi connectivity index (χ4v) is 2.27. The Kier molecular flexibility index (Phi) is 11.6. The largest absolute Gasteiger partial charge is 0.462 e. The molecule has 0 N–H and O–H groups in total. The van der Waals surface area contributed by atoms with E-state index in [0.29, 0.717) is 6.42 Å². The van der Waals surface area contributed by atoms with Crippen molar-refractivity contribution in [3.05, 3.63) is 12.2 Å². The maximum atomic E-state index is 12.1. The van der Waals surface area contributed by atoms with Crippen LogP contribution in [0.2, 0.25) is 0 Å². The summed E-state index contributed by atoms with van der Waals surface area (Å²) in [5.41, 5.74) is 0. The van der Waals surface area contributed by atoms with E-state index in [2.05, 4.69) is 0 Å². The Hall–Kier alpha value is -1.85. The van der Waals surface area contributed by atoms with Crippen molar-refractivity contribution < 1.29 is 28.6 Å². The van der Waals surface area contributed by atoms with Crippen LogP contribution in [-0.2, 0) is 28.6 Å². The zero-order chi connectivity index (χ0) is 19.4. The van der Waals surface area contributed by atoms with Crippen molar-refractivity contribution >= 4 is 17.9 Å². The van der Waals surface area contributed by atoms with Crippen LogP contribution in [0, 0.1) is 17.8 Å². The van der Waals surface area contributed by atoms with E-state index in [4.69, 9.17) is 14.2 Å². The van der Waals surface area contributed by atoms with Crippen molar-refractivity contribution in [1.82, 2.24) is 0 Å². The molecule has 0 aromatic heterocycles. The van der Waals surface area contributed by atoms with Gasteiger partial charge in [0.1, 0.15) is 13.2 Å². The summed E-state index contributed by atoms with van der Waals surface area (Å²) in [6.45, 7) is 10.6. The molecule has 0 fully saturated rings. The number of hydrogen-bond acceptors (Lipinski definition) is 6. The van der Waals surface area contributed by atoms with Gasteiger partial charge < -0.3 is 14.2 Å². The molecule has 0 rings (SSSR count). The molecule has 0 aliphatic rings. The van der Waals surface area contributed by atoms with Crippen LogP contribution >= 0.6 is 0 Å². The van der Waals surface area contributed by atoms with Crippen LogP contribution in [0.3, 0.4) is 0 Å². The summed E-state index contributed by atoms with van der Waals surface area (Å²) in [4.78, 5) is 34.9. The smallest absolute Gasteiger partial charge is 0.308 e. The minimum atomic E-state index is -0.792. The number of rotatable bonds is 11. The lowest BCUT2D eigenvalue weighted by Crippen LogP contribution is -2.32. The molecule has 0 saturated heterocycles. The Bertz CT molecular complexity index is 455. The molecular formula is C19H32O6. The zero-order valence-electron chi connectivity index (χ0n) is 16.2. The summed E-state index contributed by atoms with van der Waals surface area (Å²) in [5, 5.41) is 0. The number of hydrogen-bond donors (Lipinski definition) is 0. The first-order valence-electron chi connectivity index (χ1n) is 8.77. The standard InChI is InChI=1S/C19H32O6/c1-7-8-14(4)10-15(5)19(22)24-12-17(11-23-16(6)20)25-18(21)9-13(2)3/h7-8,13-15,17H,9-12H2,1-6H3/b8-7-. The number of allylic oxidation sites excluding steroid dienone is 2. The van der Waals surface area contributed by atoms with Crippen LogP contribution in [-0.4, -0.2) is 37.2 Å². The molecule has 3 atom stereocenters. The van der Waals surface area contributed by atoms with E-state index in [0.717, 1.165) is 0 Å². The summed E-state index contributed by atoms with van der Waals surface area (Å²) < 4.78 is 15.4. The predicted octanol–water partition coefficient (Wildman–Crippen LogP) is 3.29. The number of esters is 3. The fraction of sp³-hybridized carbons (Fsp3) is 0.737. The van der Waals surface area contributed by atoms with Crippen molar-refractivity contribution in [2.24, 2.45) is 17.8 Å². The maximum Gasteiger partial charge on any atom is 0.308 e. The molecule has 6 heteroatoms. The van der Waals surface area contributed by atoms with Gasteiger partial charge in [0.25, 0.3) is 0 Å². The summed E-state index contributed by atoms with van der Waals surface area (Å²) in [6.07, 6.45) is 4.11. The molecule has 144 valence electrons. The van der Waals surface area contributed by atoms with Crippen LogP contribution in [0.15, 0.2) is 12.2 Å². The van der Waals surface area contributed by atoms with Gasteiger partial charge in [-0.1, -0.05) is 39.8 Å². The van der Waals surface area contributed by atoms with E-state index >= 15 is 0 Å². The number of carbonyl (C=O) groups excluding carboxylic acids is 3. The minimum absolute atomic E-state index is 0.127. The third-order valence-corrected chi connectivity index (χ3v) is 3.41. The van der Waals surface area contributed by atoms with Crippen LogP contribution < -0.4 is 0 Å². The first-order valence-corrected chi connectivity index (χ1v) is 8.77. The Morgan fingerprint density at radius 2 is 1.60 bits per heavy atom. The Balaban J connectivity index is 4.54. The lowest BCUT2D eigenvalue weighted by molar-refractivity contribution is -0.168. The number of carbonyl (C=O) groups is 3. The van der Waals surface area contributed by atoms with Crippen LogP contribution in [0.4, 0.5) is 0 Å². The molecule has 0 amide bonds. The first-order chi connectivity index (χ1) is 11.6. The van der Waals surface area contributed by atoms with E-state index < -0.39 is 18.0 Å². The molecule has 0 aromatic rings. The Morgan fingerprint density at radius 1 is 1.00 bits per heavy atom. The second-order valence-corrected chi connectivity index (χ2v) is 6.78. The average Bonchev–Trinajstić information content (AvgIpc) is 2.48. The van der Waals surface area contributed by atoms with Gasteiger partial charge in [0, 0.05) is 13.3 Å². The summed E-state index contributed by atoms with van der Waals surface area (Å²) >= 11 is 0. The van der Waals surface area contributed by atoms with Gasteiger partial charge in [0.05, 0.1) is 5.92 Å². The highest BCUT2D eigenvalue weighted by Gasteiger charge is 2.22. The Labute approximate surface area is 150 Å². The molecule has 0 aliphatic heterocycles. The zero-order valence-corrected chi connectivity index (χ0v) is 16.2. The Morgan fingerprint density at radius 3 is 2.12 bits per heavy atom. The lowest BCUT2D eigenvalue weighted by atomic mass is 9.97. The maximum absolute atomic E-state index is 12.1. The molecular weight excluding hydrogens is 324 g/mol. The lowest BCUT2D eigenvalue weighted by Gasteiger charge is -2.20. The minimum Gasteiger partial charge on any atom is -0.462 e. The van der Waals surface area contributed by atoms with E-state index in [1.165, 1.54) is 6.92 Å². The molecule has 6 nitrogen and oxygen atoms in total. The van der Waals surface area contributed by atoms with Crippen molar-refractivity contribution in [2.45, 2.75) is 60.5 Å². The SMILES string of the molecule is C/C=C\C(C)CC(C)C(=O)OCC(COC(C)=O)OC(=O)CC(C)C. The first kappa shape index (κ1) is 23.1. The topological polar surface area (TPSA) is 78.9 Å². The van der Waals surface area contributed by atoms with E-state index in [9.17, 15) is 14.4 Å². The second kappa shape index (κ2) is 12.5. The molecule has 25 heavy (non-hydrogen) atoms. The summed E-state index contributed by atoms with van der Waals surface area (Å²) in [7, 11) is 0. The molecule has 0 aromatic carbocycles. The van der Waals surface area contributed by atoms with E-state index in [1.807, 2.05) is 39.8 Å². The van der Waals surface area contributed by atoms with Crippen LogP contribution in [0.1, 0.15) is 54.4 Å². The predicted molar refractivity (Wildman–Crippen MR) is 94.7 cm³/mol. The van der Waals surface area contributed by atoms with Crippen LogP contribution in [0.25, 0.3) is 0 Å². The van der Waals surface area contributed by atoms with Crippen molar-refractivity contribution in [1.29, 1.82) is 0 Å². The highest BCUT2D eigenvalue weighted by atomic mass is 16.6. The average molecular weight is 356 g/mol. The molecule has 0 saturated carbocycles. The van der Waals surface area contributed by atoms with Gasteiger partial charge >= 0.3 is 17.9 Å². The quantitative estimate of drug-likeness (QED) is 0.321. The molecule has 3 unspecified atom stereocenters. The molecule has 0 heterocycles. The monoisotopic (exact) mass is 356 g/mol.